The first kappa shape index (κ1) is 13.8. The van der Waals surface area contributed by atoms with Gasteiger partial charge in [-0.3, -0.25) is 15.0 Å². The van der Waals surface area contributed by atoms with Crippen molar-refractivity contribution in [2.24, 2.45) is 0 Å². The summed E-state index contributed by atoms with van der Waals surface area (Å²) < 4.78 is 5.16. The van der Waals surface area contributed by atoms with E-state index in [4.69, 9.17) is 4.74 Å². The smallest absolute Gasteiger partial charge is 0.323 e. The molecule has 2 heterocycles. The minimum absolute atomic E-state index is 0.0733. The lowest BCUT2D eigenvalue weighted by atomic mass is 10.0. The molecule has 1 N–H and O–H groups in total. The summed E-state index contributed by atoms with van der Waals surface area (Å²) in [5.41, 5.74) is 0. The van der Waals surface area contributed by atoms with Gasteiger partial charge in [0.15, 0.2) is 0 Å². The highest BCUT2D eigenvalue weighted by Crippen LogP contribution is 2.28. The van der Waals surface area contributed by atoms with Gasteiger partial charge in [0.2, 0.25) is 0 Å². The van der Waals surface area contributed by atoms with Crippen LogP contribution in [-0.2, 0) is 9.53 Å². The number of carbonyl (C=O) groups is 1. The highest BCUT2D eigenvalue weighted by molar-refractivity contribution is 5.75. The van der Waals surface area contributed by atoms with Crippen molar-refractivity contribution < 1.29 is 9.53 Å². The second kappa shape index (κ2) is 6.53. The van der Waals surface area contributed by atoms with Crippen molar-refractivity contribution in [2.75, 3.05) is 19.7 Å². The zero-order chi connectivity index (χ0) is 13.0. The molecule has 0 aliphatic carbocycles. The van der Waals surface area contributed by atoms with E-state index < -0.39 is 0 Å². The van der Waals surface area contributed by atoms with Crippen molar-refractivity contribution in [3.8, 4) is 0 Å². The molecule has 2 saturated heterocycles. The van der Waals surface area contributed by atoms with Gasteiger partial charge in [-0.05, 0) is 39.2 Å². The molecule has 0 aromatic rings. The lowest BCUT2D eigenvalue weighted by Crippen LogP contribution is -2.48. The Morgan fingerprint density at radius 2 is 2.22 bits per heavy atom. The van der Waals surface area contributed by atoms with Crippen molar-refractivity contribution in [1.82, 2.24) is 10.2 Å². The molecular weight excluding hydrogens is 228 g/mol. The van der Waals surface area contributed by atoms with Gasteiger partial charge in [0.25, 0.3) is 0 Å². The third kappa shape index (κ3) is 3.04. The van der Waals surface area contributed by atoms with Gasteiger partial charge in [-0.15, -0.1) is 0 Å². The summed E-state index contributed by atoms with van der Waals surface area (Å²) in [6.07, 6.45) is 5.64. The third-order valence-corrected chi connectivity index (χ3v) is 4.17. The summed E-state index contributed by atoms with van der Waals surface area (Å²) in [6, 6.07) is 1.02. The van der Waals surface area contributed by atoms with Gasteiger partial charge in [0, 0.05) is 18.6 Å². The van der Waals surface area contributed by atoms with Crippen LogP contribution in [0.2, 0.25) is 0 Å². The molecule has 3 unspecified atom stereocenters. The van der Waals surface area contributed by atoms with Crippen LogP contribution >= 0.6 is 0 Å². The molecule has 0 amide bonds. The maximum Gasteiger partial charge on any atom is 0.323 e. The van der Waals surface area contributed by atoms with Crippen LogP contribution in [0.3, 0.4) is 0 Å². The van der Waals surface area contributed by atoms with E-state index in [1.165, 1.54) is 32.4 Å². The monoisotopic (exact) mass is 254 g/mol. The lowest BCUT2D eigenvalue weighted by Gasteiger charge is -2.25. The van der Waals surface area contributed by atoms with E-state index in [2.05, 4.69) is 17.1 Å². The Labute approximate surface area is 110 Å². The van der Waals surface area contributed by atoms with Crippen molar-refractivity contribution in [1.29, 1.82) is 0 Å². The molecule has 2 rings (SSSR count). The topological polar surface area (TPSA) is 41.6 Å². The van der Waals surface area contributed by atoms with Gasteiger partial charge in [-0.2, -0.15) is 0 Å². The minimum atomic E-state index is -0.111. The molecule has 4 nitrogen and oxygen atoms in total. The average Bonchev–Trinajstić information content (AvgIpc) is 2.93. The Bertz CT molecular complexity index is 283. The predicted molar refractivity (Wildman–Crippen MR) is 71.5 cm³/mol. The second-order valence-corrected chi connectivity index (χ2v) is 5.40. The fourth-order valence-corrected chi connectivity index (χ4v) is 3.34. The normalized spacial score (nSPS) is 29.2. The van der Waals surface area contributed by atoms with Crippen molar-refractivity contribution in [3.63, 3.8) is 0 Å². The van der Waals surface area contributed by atoms with Crippen LogP contribution in [0, 0.1) is 0 Å². The van der Waals surface area contributed by atoms with E-state index in [0.29, 0.717) is 18.7 Å². The Balaban J connectivity index is 1.89. The molecule has 104 valence electrons. The molecule has 18 heavy (non-hydrogen) atoms. The Hall–Kier alpha value is -0.610. The number of carbonyl (C=O) groups excluding carboxylic acids is 1. The molecule has 0 aromatic carbocycles. The van der Waals surface area contributed by atoms with E-state index in [1.807, 2.05) is 6.92 Å². The van der Waals surface area contributed by atoms with Crippen molar-refractivity contribution >= 4 is 5.97 Å². The van der Waals surface area contributed by atoms with E-state index in [-0.39, 0.29) is 12.0 Å². The summed E-state index contributed by atoms with van der Waals surface area (Å²) in [5, 5.41) is 3.56. The maximum absolute atomic E-state index is 11.9. The fraction of sp³-hybridized carbons (Fsp3) is 0.929. The minimum Gasteiger partial charge on any atom is -0.465 e. The van der Waals surface area contributed by atoms with Crippen LogP contribution in [0.25, 0.3) is 0 Å². The number of fused-ring (bicyclic) bond motifs is 1. The number of nitrogens with one attached hydrogen (secondary N) is 1. The van der Waals surface area contributed by atoms with Crippen LogP contribution < -0.4 is 5.32 Å². The molecule has 2 fully saturated rings. The molecule has 0 spiro atoms. The summed E-state index contributed by atoms with van der Waals surface area (Å²) in [7, 11) is 0. The summed E-state index contributed by atoms with van der Waals surface area (Å²) in [5.74, 6) is -0.0733. The molecule has 4 heteroatoms. The summed E-state index contributed by atoms with van der Waals surface area (Å²) in [4.78, 5) is 14.5. The highest BCUT2D eigenvalue weighted by atomic mass is 16.5. The largest absolute Gasteiger partial charge is 0.465 e. The van der Waals surface area contributed by atoms with Gasteiger partial charge in [-0.25, -0.2) is 0 Å². The standard InChI is InChI=1S/C14H26N2O2/c1-3-6-12(14(17)18-4-2)15-11-8-10-16-9-5-7-13(11)16/h11-13,15H,3-10H2,1-2H3. The van der Waals surface area contributed by atoms with Crippen LogP contribution in [-0.4, -0.2) is 48.7 Å². The molecule has 0 bridgehead atoms. The van der Waals surface area contributed by atoms with Gasteiger partial charge in [-0.1, -0.05) is 13.3 Å². The number of nitrogens with zero attached hydrogens (tertiary/aromatic N) is 1. The highest BCUT2D eigenvalue weighted by Gasteiger charge is 2.38. The Morgan fingerprint density at radius 1 is 1.39 bits per heavy atom. The van der Waals surface area contributed by atoms with Crippen LogP contribution in [0.15, 0.2) is 0 Å². The average molecular weight is 254 g/mol. The van der Waals surface area contributed by atoms with Crippen LogP contribution in [0.1, 0.15) is 46.0 Å². The quantitative estimate of drug-likeness (QED) is 0.730. The number of ether oxygens (including phenoxy) is 1. The fourth-order valence-electron chi connectivity index (χ4n) is 3.34. The number of esters is 1. The number of rotatable bonds is 6. The first-order valence-electron chi connectivity index (χ1n) is 7.43. The molecule has 2 aliphatic heterocycles. The number of hydrogen-bond donors (Lipinski definition) is 1. The molecular formula is C14H26N2O2. The zero-order valence-electron chi connectivity index (χ0n) is 11.7. The van der Waals surface area contributed by atoms with Crippen LogP contribution in [0.4, 0.5) is 0 Å². The van der Waals surface area contributed by atoms with Gasteiger partial charge in [0.05, 0.1) is 6.61 Å². The second-order valence-electron chi connectivity index (χ2n) is 5.40. The van der Waals surface area contributed by atoms with E-state index in [1.54, 1.807) is 0 Å². The molecule has 0 radical (unpaired) electrons. The van der Waals surface area contributed by atoms with Crippen molar-refractivity contribution in [3.05, 3.63) is 0 Å². The first-order chi connectivity index (χ1) is 8.76. The van der Waals surface area contributed by atoms with Crippen LogP contribution in [0.5, 0.6) is 0 Å². The van der Waals surface area contributed by atoms with E-state index in [9.17, 15) is 4.79 Å². The molecule has 2 aliphatic rings. The zero-order valence-corrected chi connectivity index (χ0v) is 11.7. The van der Waals surface area contributed by atoms with Gasteiger partial charge >= 0.3 is 5.97 Å². The summed E-state index contributed by atoms with van der Waals surface area (Å²) >= 11 is 0. The van der Waals surface area contributed by atoms with E-state index >= 15 is 0 Å². The maximum atomic E-state index is 11.9. The predicted octanol–water partition coefficient (Wildman–Crippen LogP) is 1.54. The lowest BCUT2D eigenvalue weighted by molar-refractivity contribution is -0.146. The Kier molecular flexibility index (Phi) is 5.01. The third-order valence-electron chi connectivity index (χ3n) is 4.17. The van der Waals surface area contributed by atoms with E-state index in [0.717, 1.165) is 12.8 Å². The molecule has 0 saturated carbocycles. The SMILES string of the molecule is CCCC(NC1CCN2CCCC12)C(=O)OCC. The van der Waals surface area contributed by atoms with Gasteiger partial charge in [0.1, 0.15) is 6.04 Å². The molecule has 0 aromatic heterocycles. The number of hydrogen-bond acceptors (Lipinski definition) is 4. The molecule has 3 atom stereocenters. The Morgan fingerprint density at radius 3 is 2.94 bits per heavy atom. The van der Waals surface area contributed by atoms with Crippen molar-refractivity contribution in [2.45, 2.75) is 64.1 Å². The first-order valence-corrected chi connectivity index (χ1v) is 7.43. The van der Waals surface area contributed by atoms with Gasteiger partial charge < -0.3 is 4.74 Å². The summed E-state index contributed by atoms with van der Waals surface area (Å²) in [6.45, 7) is 6.88.